The Morgan fingerprint density at radius 1 is 1.18 bits per heavy atom. The molecule has 0 aromatic heterocycles. The summed E-state index contributed by atoms with van der Waals surface area (Å²) >= 11 is 0.845. The van der Waals surface area contributed by atoms with Gasteiger partial charge in [0.05, 0.1) is 23.6 Å². The average molecular weight is 399 g/mol. The van der Waals surface area contributed by atoms with Gasteiger partial charge in [-0.05, 0) is 66.2 Å². The van der Waals surface area contributed by atoms with Gasteiger partial charge in [0.2, 0.25) is 0 Å². The summed E-state index contributed by atoms with van der Waals surface area (Å²) in [4.78, 5) is 36.9. The molecule has 0 unspecified atom stereocenters. The second kappa shape index (κ2) is 8.18. The van der Waals surface area contributed by atoms with Crippen molar-refractivity contribution in [1.82, 2.24) is 0 Å². The van der Waals surface area contributed by atoms with E-state index in [0.29, 0.717) is 22.6 Å². The zero-order chi connectivity index (χ0) is 20.3. The van der Waals surface area contributed by atoms with Gasteiger partial charge in [-0.15, -0.1) is 0 Å². The van der Waals surface area contributed by atoms with Crippen molar-refractivity contribution in [3.8, 4) is 11.5 Å². The van der Waals surface area contributed by atoms with Crippen LogP contribution in [0.15, 0.2) is 47.4 Å². The summed E-state index contributed by atoms with van der Waals surface area (Å²) in [7, 11) is 0. The number of phenolic OH excluding ortho intramolecular Hbond substituents is 1. The summed E-state index contributed by atoms with van der Waals surface area (Å²) in [5, 5.41) is 17.7. The zero-order valence-corrected chi connectivity index (χ0v) is 15.7. The van der Waals surface area contributed by atoms with Crippen molar-refractivity contribution in [2.45, 2.75) is 13.3 Å². The third-order valence-corrected chi connectivity index (χ3v) is 4.85. The van der Waals surface area contributed by atoms with Crippen molar-refractivity contribution in [3.63, 3.8) is 0 Å². The first-order valence-corrected chi connectivity index (χ1v) is 9.19. The summed E-state index contributed by atoms with van der Waals surface area (Å²) in [6.45, 7) is 1.78. The van der Waals surface area contributed by atoms with E-state index in [0.717, 1.165) is 16.7 Å². The Hall–Kier alpha value is -3.26. The van der Waals surface area contributed by atoms with Gasteiger partial charge in [-0.1, -0.05) is 12.1 Å². The van der Waals surface area contributed by atoms with Crippen molar-refractivity contribution in [1.29, 1.82) is 0 Å². The third kappa shape index (κ3) is 4.34. The van der Waals surface area contributed by atoms with Gasteiger partial charge in [0.15, 0.2) is 0 Å². The lowest BCUT2D eigenvalue weighted by Crippen LogP contribution is -2.28. The van der Waals surface area contributed by atoms with Crippen LogP contribution >= 0.6 is 11.8 Å². The van der Waals surface area contributed by atoms with E-state index < -0.39 is 17.1 Å². The number of thioether (sulfide) groups is 1. The molecule has 0 spiro atoms. The SMILES string of the molecule is Cc1cc(O)ccc1N1C(=O)S/C(=C/c2ccc(OCCC(=O)O)cc2)C1=O. The number of anilines is 1. The maximum atomic E-state index is 12.7. The molecule has 0 radical (unpaired) electrons. The van der Waals surface area contributed by atoms with E-state index in [2.05, 4.69) is 0 Å². The molecule has 8 heteroatoms. The van der Waals surface area contributed by atoms with Gasteiger partial charge in [-0.2, -0.15) is 0 Å². The van der Waals surface area contributed by atoms with E-state index in [1.165, 1.54) is 18.2 Å². The number of amides is 2. The Balaban J connectivity index is 1.75. The second-order valence-corrected chi connectivity index (χ2v) is 7.04. The predicted octanol–water partition coefficient (Wildman–Crippen LogP) is 3.80. The molecule has 2 aromatic carbocycles. The number of carbonyl (C=O) groups is 3. The predicted molar refractivity (Wildman–Crippen MR) is 105 cm³/mol. The molecular weight excluding hydrogens is 382 g/mol. The number of imide groups is 1. The minimum atomic E-state index is -0.934. The van der Waals surface area contributed by atoms with Crippen molar-refractivity contribution in [2.24, 2.45) is 0 Å². The number of carboxylic acid groups (broad SMARTS) is 1. The molecule has 0 aliphatic carbocycles. The van der Waals surface area contributed by atoms with Gasteiger partial charge in [0.1, 0.15) is 11.5 Å². The van der Waals surface area contributed by atoms with Crippen LogP contribution in [0.5, 0.6) is 11.5 Å². The second-order valence-electron chi connectivity index (χ2n) is 6.05. The van der Waals surface area contributed by atoms with Crippen LogP contribution in [0.2, 0.25) is 0 Å². The number of hydrogen-bond acceptors (Lipinski definition) is 6. The molecule has 2 aromatic rings. The van der Waals surface area contributed by atoms with Crippen LogP contribution in [0.1, 0.15) is 17.5 Å². The largest absolute Gasteiger partial charge is 0.508 e. The lowest BCUT2D eigenvalue weighted by molar-refractivity contribution is -0.137. The van der Waals surface area contributed by atoms with Crippen LogP contribution in [0.25, 0.3) is 6.08 Å². The standard InChI is InChI=1S/C20H17NO6S/c1-12-10-14(22)4-7-16(12)21-19(25)17(28-20(21)26)11-13-2-5-15(6-3-13)27-9-8-18(23)24/h2-7,10-11,22H,8-9H2,1H3,(H,23,24)/b17-11+. The first-order chi connectivity index (χ1) is 13.3. The van der Waals surface area contributed by atoms with Crippen LogP contribution in [-0.2, 0) is 9.59 Å². The summed E-state index contributed by atoms with van der Waals surface area (Å²) in [5.41, 5.74) is 1.76. The Morgan fingerprint density at radius 2 is 1.89 bits per heavy atom. The fourth-order valence-corrected chi connectivity index (χ4v) is 3.47. The highest BCUT2D eigenvalue weighted by Gasteiger charge is 2.37. The molecule has 7 nitrogen and oxygen atoms in total. The number of aryl methyl sites for hydroxylation is 1. The summed E-state index contributed by atoms with van der Waals surface area (Å²) < 4.78 is 5.32. The van der Waals surface area contributed by atoms with Gasteiger partial charge >= 0.3 is 5.97 Å². The molecular formula is C20H17NO6S. The first kappa shape index (κ1) is 19.5. The van der Waals surface area contributed by atoms with Gasteiger partial charge < -0.3 is 14.9 Å². The molecule has 0 bridgehead atoms. The van der Waals surface area contributed by atoms with Crippen LogP contribution in [0.4, 0.5) is 10.5 Å². The Morgan fingerprint density at radius 3 is 2.54 bits per heavy atom. The van der Waals surface area contributed by atoms with Crippen molar-refractivity contribution < 1.29 is 29.3 Å². The molecule has 2 N–H and O–H groups in total. The number of hydrogen-bond donors (Lipinski definition) is 2. The van der Waals surface area contributed by atoms with Gasteiger partial charge in [-0.3, -0.25) is 14.4 Å². The van der Waals surface area contributed by atoms with E-state index in [4.69, 9.17) is 9.84 Å². The van der Waals surface area contributed by atoms with Gasteiger partial charge in [-0.25, -0.2) is 4.90 Å². The van der Waals surface area contributed by atoms with Crippen LogP contribution in [0, 0.1) is 6.92 Å². The number of benzene rings is 2. The number of rotatable bonds is 6. The highest BCUT2D eigenvalue weighted by atomic mass is 32.2. The van der Waals surface area contributed by atoms with Gasteiger partial charge in [0, 0.05) is 0 Å². The molecule has 1 aliphatic heterocycles. The zero-order valence-electron chi connectivity index (χ0n) is 14.9. The minimum Gasteiger partial charge on any atom is -0.508 e. The van der Waals surface area contributed by atoms with Crippen LogP contribution in [0.3, 0.4) is 0 Å². The maximum Gasteiger partial charge on any atom is 0.306 e. The molecule has 0 atom stereocenters. The van der Waals surface area contributed by atoms with Crippen molar-refractivity contribution in [3.05, 3.63) is 58.5 Å². The Bertz CT molecular complexity index is 967. The number of carbonyl (C=O) groups excluding carboxylic acids is 2. The monoisotopic (exact) mass is 399 g/mol. The fourth-order valence-electron chi connectivity index (χ4n) is 2.63. The molecule has 3 rings (SSSR count). The number of nitrogens with zero attached hydrogens (tertiary/aromatic N) is 1. The van der Waals surface area contributed by atoms with E-state index in [-0.39, 0.29) is 23.7 Å². The Kier molecular flexibility index (Phi) is 5.70. The maximum absolute atomic E-state index is 12.7. The van der Waals surface area contributed by atoms with E-state index in [9.17, 15) is 19.5 Å². The minimum absolute atomic E-state index is 0.0643. The highest BCUT2D eigenvalue weighted by Crippen LogP contribution is 2.37. The first-order valence-electron chi connectivity index (χ1n) is 8.37. The Labute approximate surface area is 165 Å². The number of carboxylic acids is 1. The molecule has 2 amide bonds. The van der Waals surface area contributed by atoms with E-state index in [1.54, 1.807) is 37.3 Å². The lowest BCUT2D eigenvalue weighted by Gasteiger charge is -2.15. The van der Waals surface area contributed by atoms with E-state index >= 15 is 0 Å². The smallest absolute Gasteiger partial charge is 0.306 e. The molecule has 144 valence electrons. The molecule has 1 saturated heterocycles. The summed E-state index contributed by atoms with van der Waals surface area (Å²) in [5.74, 6) is -0.776. The van der Waals surface area contributed by atoms with Crippen LogP contribution in [-0.4, -0.2) is 33.9 Å². The molecule has 1 aliphatic rings. The highest BCUT2D eigenvalue weighted by molar-refractivity contribution is 8.19. The number of aromatic hydroxyl groups is 1. The number of phenols is 1. The normalized spacial score (nSPS) is 15.3. The van der Waals surface area contributed by atoms with E-state index in [1.807, 2.05) is 0 Å². The van der Waals surface area contributed by atoms with Crippen LogP contribution < -0.4 is 9.64 Å². The third-order valence-electron chi connectivity index (χ3n) is 3.98. The molecule has 0 saturated carbocycles. The van der Waals surface area contributed by atoms with Gasteiger partial charge in [0.25, 0.3) is 11.1 Å². The number of ether oxygens (including phenoxy) is 1. The summed E-state index contributed by atoms with van der Waals surface area (Å²) in [6, 6.07) is 11.2. The average Bonchev–Trinajstić information content (AvgIpc) is 2.90. The fraction of sp³-hybridized carbons (Fsp3) is 0.150. The molecule has 28 heavy (non-hydrogen) atoms. The quantitative estimate of drug-likeness (QED) is 0.712. The lowest BCUT2D eigenvalue weighted by atomic mass is 10.1. The molecule has 1 heterocycles. The van der Waals surface area contributed by atoms with Crippen molar-refractivity contribution in [2.75, 3.05) is 11.5 Å². The molecule has 1 fully saturated rings. The van der Waals surface area contributed by atoms with Crippen molar-refractivity contribution >= 4 is 40.6 Å². The topological polar surface area (TPSA) is 104 Å². The summed E-state index contributed by atoms with van der Waals surface area (Å²) in [6.07, 6.45) is 1.52. The number of aliphatic carboxylic acids is 1.